The number of nitrogens with one attached hydrogen (secondary N) is 2. The van der Waals surface area contributed by atoms with Crippen LogP contribution in [0.3, 0.4) is 0 Å². The smallest absolute Gasteiger partial charge is 0.337 e. The lowest BCUT2D eigenvalue weighted by molar-refractivity contribution is -0.116. The fourth-order valence-electron chi connectivity index (χ4n) is 3.48. The van der Waals surface area contributed by atoms with Gasteiger partial charge in [-0.1, -0.05) is 11.6 Å². The van der Waals surface area contributed by atoms with Crippen molar-refractivity contribution in [1.29, 1.82) is 0 Å². The summed E-state index contributed by atoms with van der Waals surface area (Å²) < 4.78 is 4.79. The van der Waals surface area contributed by atoms with Gasteiger partial charge in [0.1, 0.15) is 0 Å². The predicted octanol–water partition coefficient (Wildman–Crippen LogP) is 3.88. The van der Waals surface area contributed by atoms with Crippen molar-refractivity contribution < 1.29 is 19.1 Å². The van der Waals surface area contributed by atoms with Crippen LogP contribution in [-0.2, 0) is 9.53 Å². The number of carbonyl (C=O) groups is 3. The standard InChI is InChI=1S/C23H26ClN3O4/c1-31-23(30)17-8-11-20(27-13-2-3-14-27)19(15-17)26-21(28)5-4-12-25-22(29)16-6-9-18(24)10-7-16/h6-11,15H,2-5,12-14H2,1H3,(H,25,29)(H,26,28). The number of esters is 1. The van der Waals surface area contributed by atoms with Gasteiger partial charge >= 0.3 is 5.97 Å². The minimum Gasteiger partial charge on any atom is -0.465 e. The molecular weight excluding hydrogens is 418 g/mol. The lowest BCUT2D eigenvalue weighted by atomic mass is 10.1. The Morgan fingerprint density at radius 1 is 1.03 bits per heavy atom. The number of hydrogen-bond acceptors (Lipinski definition) is 5. The maximum absolute atomic E-state index is 12.5. The van der Waals surface area contributed by atoms with Crippen LogP contribution in [0.15, 0.2) is 42.5 Å². The third-order valence-electron chi connectivity index (χ3n) is 5.11. The Labute approximate surface area is 186 Å². The van der Waals surface area contributed by atoms with E-state index in [2.05, 4.69) is 15.5 Å². The molecule has 0 spiro atoms. The van der Waals surface area contributed by atoms with Gasteiger partial charge in [-0.25, -0.2) is 4.79 Å². The molecule has 1 fully saturated rings. The average Bonchev–Trinajstić information content (AvgIpc) is 3.31. The lowest BCUT2D eigenvalue weighted by Crippen LogP contribution is -2.25. The molecular formula is C23H26ClN3O4. The molecule has 164 valence electrons. The highest BCUT2D eigenvalue weighted by atomic mass is 35.5. The van der Waals surface area contributed by atoms with Gasteiger partial charge in [0.15, 0.2) is 0 Å². The lowest BCUT2D eigenvalue weighted by Gasteiger charge is -2.22. The first-order valence-electron chi connectivity index (χ1n) is 10.3. The van der Waals surface area contributed by atoms with Crippen LogP contribution >= 0.6 is 11.6 Å². The van der Waals surface area contributed by atoms with Gasteiger partial charge in [0.2, 0.25) is 5.91 Å². The van der Waals surface area contributed by atoms with Gasteiger partial charge in [-0.2, -0.15) is 0 Å². The molecule has 0 unspecified atom stereocenters. The van der Waals surface area contributed by atoms with Crippen LogP contribution in [0.4, 0.5) is 11.4 Å². The molecule has 2 N–H and O–H groups in total. The van der Waals surface area contributed by atoms with Crippen molar-refractivity contribution in [3.63, 3.8) is 0 Å². The summed E-state index contributed by atoms with van der Waals surface area (Å²) in [4.78, 5) is 38.7. The summed E-state index contributed by atoms with van der Waals surface area (Å²) in [6.07, 6.45) is 2.92. The van der Waals surface area contributed by atoms with E-state index < -0.39 is 5.97 Å². The Bertz CT molecular complexity index is 940. The molecule has 0 aliphatic carbocycles. The SMILES string of the molecule is COC(=O)c1ccc(N2CCCC2)c(NC(=O)CCCNC(=O)c2ccc(Cl)cc2)c1. The van der Waals surface area contributed by atoms with Crippen molar-refractivity contribution in [3.8, 4) is 0 Å². The van der Waals surface area contributed by atoms with E-state index in [1.165, 1.54) is 7.11 Å². The molecule has 31 heavy (non-hydrogen) atoms. The fourth-order valence-corrected chi connectivity index (χ4v) is 3.61. The van der Waals surface area contributed by atoms with Crippen LogP contribution in [0, 0.1) is 0 Å². The first-order chi connectivity index (χ1) is 15.0. The third-order valence-corrected chi connectivity index (χ3v) is 5.36. The number of rotatable bonds is 8. The number of anilines is 2. The predicted molar refractivity (Wildman–Crippen MR) is 121 cm³/mol. The van der Waals surface area contributed by atoms with Gasteiger partial charge in [-0.3, -0.25) is 9.59 Å². The van der Waals surface area contributed by atoms with Crippen molar-refractivity contribution in [2.75, 3.05) is 37.0 Å². The van der Waals surface area contributed by atoms with Crippen molar-refractivity contribution >= 4 is 40.8 Å². The number of methoxy groups -OCH3 is 1. The van der Waals surface area contributed by atoms with E-state index in [0.717, 1.165) is 31.6 Å². The van der Waals surface area contributed by atoms with Crippen molar-refractivity contribution in [2.45, 2.75) is 25.7 Å². The van der Waals surface area contributed by atoms with Gasteiger partial charge in [0.05, 0.1) is 24.0 Å². The maximum Gasteiger partial charge on any atom is 0.337 e. The minimum absolute atomic E-state index is 0.178. The van der Waals surface area contributed by atoms with Crippen LogP contribution in [0.25, 0.3) is 0 Å². The van der Waals surface area contributed by atoms with Crippen LogP contribution in [0.5, 0.6) is 0 Å². The summed E-state index contributed by atoms with van der Waals surface area (Å²) in [5.74, 6) is -0.837. The molecule has 0 radical (unpaired) electrons. The molecule has 0 atom stereocenters. The molecule has 1 heterocycles. The highest BCUT2D eigenvalue weighted by molar-refractivity contribution is 6.30. The first kappa shape index (κ1) is 22.6. The van der Waals surface area contributed by atoms with E-state index >= 15 is 0 Å². The highest BCUT2D eigenvalue weighted by Gasteiger charge is 2.19. The van der Waals surface area contributed by atoms with Gasteiger partial charge in [0.25, 0.3) is 5.91 Å². The molecule has 8 heteroatoms. The number of ether oxygens (including phenoxy) is 1. The summed E-state index contributed by atoms with van der Waals surface area (Å²) in [5, 5.41) is 6.28. The van der Waals surface area contributed by atoms with Crippen LogP contribution in [0.1, 0.15) is 46.4 Å². The zero-order valence-electron chi connectivity index (χ0n) is 17.4. The summed E-state index contributed by atoms with van der Waals surface area (Å²) in [5.41, 5.74) is 2.40. The van der Waals surface area contributed by atoms with Crippen LogP contribution in [0.2, 0.25) is 5.02 Å². The van der Waals surface area contributed by atoms with Gasteiger partial charge < -0.3 is 20.3 Å². The van der Waals surface area contributed by atoms with Crippen molar-refractivity contribution in [2.24, 2.45) is 0 Å². The number of carbonyl (C=O) groups excluding carboxylic acids is 3. The van der Waals surface area contributed by atoms with E-state index in [0.29, 0.717) is 34.8 Å². The minimum atomic E-state index is -0.451. The third kappa shape index (κ3) is 6.21. The quantitative estimate of drug-likeness (QED) is 0.477. The molecule has 7 nitrogen and oxygen atoms in total. The van der Waals surface area contributed by atoms with E-state index in [-0.39, 0.29) is 18.2 Å². The van der Waals surface area contributed by atoms with Crippen LogP contribution < -0.4 is 15.5 Å². The van der Waals surface area contributed by atoms with E-state index in [1.54, 1.807) is 36.4 Å². The molecule has 0 bridgehead atoms. The van der Waals surface area contributed by atoms with E-state index in [9.17, 15) is 14.4 Å². The second kappa shape index (κ2) is 10.8. The second-order valence-electron chi connectivity index (χ2n) is 7.33. The molecule has 1 aliphatic rings. The number of halogens is 1. The van der Waals surface area contributed by atoms with E-state index in [4.69, 9.17) is 16.3 Å². The summed E-state index contributed by atoms with van der Waals surface area (Å²) in [7, 11) is 1.33. The van der Waals surface area contributed by atoms with E-state index in [1.807, 2.05) is 6.07 Å². The normalized spacial score (nSPS) is 13.0. The average molecular weight is 444 g/mol. The second-order valence-corrected chi connectivity index (χ2v) is 7.77. The number of hydrogen-bond donors (Lipinski definition) is 2. The Kier molecular flexibility index (Phi) is 7.89. The maximum atomic E-state index is 12.5. The molecule has 1 aliphatic heterocycles. The molecule has 1 saturated heterocycles. The highest BCUT2D eigenvalue weighted by Crippen LogP contribution is 2.30. The zero-order valence-corrected chi connectivity index (χ0v) is 18.2. The number of nitrogens with zero attached hydrogens (tertiary/aromatic N) is 1. The van der Waals surface area contributed by atoms with Gasteiger partial charge in [-0.15, -0.1) is 0 Å². The Balaban J connectivity index is 1.55. The van der Waals surface area contributed by atoms with Crippen molar-refractivity contribution in [3.05, 3.63) is 58.6 Å². The summed E-state index contributed by atoms with van der Waals surface area (Å²) in [6, 6.07) is 11.8. The van der Waals surface area contributed by atoms with Gasteiger partial charge in [-0.05, 0) is 61.7 Å². The molecule has 2 amide bonds. The van der Waals surface area contributed by atoms with Crippen LogP contribution in [-0.4, -0.2) is 44.5 Å². The first-order valence-corrected chi connectivity index (χ1v) is 10.7. The zero-order chi connectivity index (χ0) is 22.2. The Morgan fingerprint density at radius 3 is 2.39 bits per heavy atom. The Morgan fingerprint density at radius 2 is 1.71 bits per heavy atom. The molecule has 2 aromatic carbocycles. The molecule has 0 aromatic heterocycles. The number of benzene rings is 2. The van der Waals surface area contributed by atoms with Crippen molar-refractivity contribution in [1.82, 2.24) is 5.32 Å². The largest absolute Gasteiger partial charge is 0.465 e. The fraction of sp³-hybridized carbons (Fsp3) is 0.348. The molecule has 3 rings (SSSR count). The molecule has 2 aromatic rings. The monoisotopic (exact) mass is 443 g/mol. The van der Waals surface area contributed by atoms with Gasteiger partial charge in [0, 0.05) is 36.6 Å². The number of amides is 2. The molecule has 0 saturated carbocycles. The summed E-state index contributed by atoms with van der Waals surface area (Å²) >= 11 is 5.83. The summed E-state index contributed by atoms with van der Waals surface area (Å²) in [6.45, 7) is 2.20. The topological polar surface area (TPSA) is 87.7 Å². The Hall–Kier alpha value is -3.06.